The molecule has 0 atom stereocenters. The Balaban J connectivity index is 1.84. The van der Waals surface area contributed by atoms with E-state index in [1.54, 1.807) is 7.05 Å². The third-order valence-electron chi connectivity index (χ3n) is 3.73. The Morgan fingerprint density at radius 1 is 1.40 bits per heavy atom. The summed E-state index contributed by atoms with van der Waals surface area (Å²) in [7, 11) is 1.68. The molecule has 0 aliphatic heterocycles. The monoisotopic (exact) mass is 349 g/mol. The molecule has 0 unspecified atom stereocenters. The highest BCUT2D eigenvalue weighted by molar-refractivity contribution is 5.79. The third-order valence-corrected chi connectivity index (χ3v) is 3.73. The fraction of sp³-hybridized carbons (Fsp3) is 0.533. The lowest BCUT2D eigenvalue weighted by Crippen LogP contribution is -2.38. The second kappa shape index (κ2) is 8.81. The van der Waals surface area contributed by atoms with E-state index in [1.165, 1.54) is 17.1 Å². The molecule has 25 heavy (non-hydrogen) atoms. The molecule has 0 spiro atoms. The van der Waals surface area contributed by atoms with Crippen molar-refractivity contribution in [3.05, 3.63) is 39.5 Å². The molecule has 0 radical (unpaired) electrons. The highest BCUT2D eigenvalue weighted by atomic mass is 16.6. The van der Waals surface area contributed by atoms with Crippen LogP contribution in [0.15, 0.2) is 21.9 Å². The topological polar surface area (TPSA) is 123 Å². The average molecular weight is 349 g/mol. The molecule has 0 bridgehead atoms. The van der Waals surface area contributed by atoms with Crippen molar-refractivity contribution in [2.75, 3.05) is 13.6 Å². The minimum Gasteiger partial charge on any atom is -0.361 e. The number of rotatable bonds is 8. The molecule has 0 aliphatic rings. The number of nitro groups is 1. The van der Waals surface area contributed by atoms with Crippen LogP contribution in [0, 0.1) is 10.1 Å². The van der Waals surface area contributed by atoms with Crippen LogP contribution in [0.1, 0.15) is 30.9 Å². The number of hydrogen-bond donors (Lipinski definition) is 2. The van der Waals surface area contributed by atoms with Gasteiger partial charge in [0.1, 0.15) is 18.2 Å². The first-order valence-corrected chi connectivity index (χ1v) is 8.16. The minimum atomic E-state index is -0.465. The zero-order valence-corrected chi connectivity index (χ0v) is 14.7. The molecule has 0 aliphatic carbocycles. The van der Waals surface area contributed by atoms with Crippen LogP contribution in [0.2, 0.25) is 0 Å². The molecule has 2 N–H and O–H groups in total. The van der Waals surface area contributed by atoms with E-state index in [0.29, 0.717) is 25.6 Å². The van der Waals surface area contributed by atoms with E-state index in [2.05, 4.69) is 25.9 Å². The normalized spacial score (nSPS) is 11.6. The number of hydrogen-bond acceptors (Lipinski definition) is 6. The lowest BCUT2D eigenvalue weighted by molar-refractivity contribution is -0.385. The SMILES string of the molecule is CCc1noc(CC)c1CNC(=NC)NCCn1cc([N+](=O)[O-])cn1. The Morgan fingerprint density at radius 2 is 2.20 bits per heavy atom. The molecule has 2 rings (SSSR count). The fourth-order valence-electron chi connectivity index (χ4n) is 2.39. The van der Waals surface area contributed by atoms with Gasteiger partial charge in [0.25, 0.3) is 0 Å². The second-order valence-corrected chi connectivity index (χ2v) is 5.31. The molecule has 0 saturated heterocycles. The Labute approximate surface area is 145 Å². The van der Waals surface area contributed by atoms with Gasteiger partial charge in [0.2, 0.25) is 0 Å². The molecule has 136 valence electrons. The second-order valence-electron chi connectivity index (χ2n) is 5.31. The molecule has 0 aromatic carbocycles. The maximum Gasteiger partial charge on any atom is 0.306 e. The average Bonchev–Trinajstić information content (AvgIpc) is 3.24. The van der Waals surface area contributed by atoms with Crippen molar-refractivity contribution in [2.45, 2.75) is 39.8 Å². The molecule has 0 fully saturated rings. The van der Waals surface area contributed by atoms with Gasteiger partial charge in [-0.1, -0.05) is 19.0 Å². The van der Waals surface area contributed by atoms with Gasteiger partial charge in [-0.2, -0.15) is 5.10 Å². The summed E-state index contributed by atoms with van der Waals surface area (Å²) in [5.41, 5.74) is 1.99. The maximum atomic E-state index is 10.6. The Morgan fingerprint density at radius 3 is 2.80 bits per heavy atom. The molecule has 10 nitrogen and oxygen atoms in total. The predicted octanol–water partition coefficient (Wildman–Crippen LogP) is 1.27. The number of aliphatic imine (C=N–C) groups is 1. The Bertz CT molecular complexity index is 714. The zero-order chi connectivity index (χ0) is 18.2. The van der Waals surface area contributed by atoms with Crippen molar-refractivity contribution in [3.8, 4) is 0 Å². The maximum absolute atomic E-state index is 10.6. The van der Waals surface area contributed by atoms with E-state index < -0.39 is 4.92 Å². The molecule has 0 amide bonds. The largest absolute Gasteiger partial charge is 0.361 e. The predicted molar refractivity (Wildman–Crippen MR) is 92.3 cm³/mol. The summed E-state index contributed by atoms with van der Waals surface area (Å²) in [6, 6.07) is 0. The lowest BCUT2D eigenvalue weighted by Gasteiger charge is -2.12. The number of aryl methyl sites for hydroxylation is 2. The van der Waals surface area contributed by atoms with Gasteiger partial charge in [-0.05, 0) is 6.42 Å². The van der Waals surface area contributed by atoms with Gasteiger partial charge < -0.3 is 15.2 Å². The summed E-state index contributed by atoms with van der Waals surface area (Å²) in [5.74, 6) is 1.51. The Hall–Kier alpha value is -2.91. The van der Waals surface area contributed by atoms with Gasteiger partial charge in [-0.3, -0.25) is 19.8 Å². The van der Waals surface area contributed by atoms with Crippen LogP contribution in [0.5, 0.6) is 0 Å². The number of guanidine groups is 1. The molecule has 10 heteroatoms. The van der Waals surface area contributed by atoms with E-state index in [1.807, 2.05) is 13.8 Å². The van der Waals surface area contributed by atoms with Gasteiger partial charge in [0, 0.05) is 32.1 Å². The first-order valence-electron chi connectivity index (χ1n) is 8.16. The zero-order valence-electron chi connectivity index (χ0n) is 14.7. The van der Waals surface area contributed by atoms with Crippen LogP contribution < -0.4 is 10.6 Å². The number of nitrogens with zero attached hydrogens (tertiary/aromatic N) is 5. The molecule has 0 saturated carbocycles. The summed E-state index contributed by atoms with van der Waals surface area (Å²) >= 11 is 0. The van der Waals surface area contributed by atoms with Crippen molar-refractivity contribution in [1.82, 2.24) is 25.6 Å². The molecule has 2 aromatic rings. The van der Waals surface area contributed by atoms with E-state index in [0.717, 1.165) is 29.9 Å². The highest BCUT2D eigenvalue weighted by Gasteiger charge is 2.13. The van der Waals surface area contributed by atoms with Gasteiger partial charge in [0.15, 0.2) is 5.96 Å². The first-order chi connectivity index (χ1) is 12.1. The van der Waals surface area contributed by atoms with E-state index in [9.17, 15) is 10.1 Å². The van der Waals surface area contributed by atoms with Crippen molar-refractivity contribution in [3.63, 3.8) is 0 Å². The van der Waals surface area contributed by atoms with E-state index in [-0.39, 0.29) is 5.69 Å². The first kappa shape index (κ1) is 18.4. The molecular formula is C15H23N7O3. The summed E-state index contributed by atoms with van der Waals surface area (Å²) in [4.78, 5) is 14.3. The number of nitrogens with one attached hydrogen (secondary N) is 2. The summed E-state index contributed by atoms with van der Waals surface area (Å²) < 4.78 is 6.86. The smallest absolute Gasteiger partial charge is 0.306 e. The van der Waals surface area contributed by atoms with Crippen LogP contribution in [0.25, 0.3) is 0 Å². The van der Waals surface area contributed by atoms with Gasteiger partial charge in [0.05, 0.1) is 17.2 Å². The summed E-state index contributed by atoms with van der Waals surface area (Å²) in [6.07, 6.45) is 4.23. The molecule has 2 heterocycles. The van der Waals surface area contributed by atoms with Crippen LogP contribution in [0.3, 0.4) is 0 Å². The van der Waals surface area contributed by atoms with Gasteiger partial charge in [-0.15, -0.1) is 0 Å². The summed E-state index contributed by atoms with van der Waals surface area (Å²) in [6.45, 7) is 5.66. The van der Waals surface area contributed by atoms with E-state index in [4.69, 9.17) is 4.52 Å². The van der Waals surface area contributed by atoms with Gasteiger partial charge in [-0.25, -0.2) is 0 Å². The van der Waals surface area contributed by atoms with Crippen molar-refractivity contribution in [2.24, 2.45) is 4.99 Å². The Kier molecular flexibility index (Phi) is 6.49. The van der Waals surface area contributed by atoms with Crippen molar-refractivity contribution < 1.29 is 9.45 Å². The minimum absolute atomic E-state index is 0.0193. The third kappa shape index (κ3) is 4.78. The quantitative estimate of drug-likeness (QED) is 0.318. The highest BCUT2D eigenvalue weighted by Crippen LogP contribution is 2.15. The van der Waals surface area contributed by atoms with Crippen LogP contribution in [-0.4, -0.2) is 39.4 Å². The van der Waals surface area contributed by atoms with Crippen LogP contribution in [0.4, 0.5) is 5.69 Å². The van der Waals surface area contributed by atoms with E-state index >= 15 is 0 Å². The molecular weight excluding hydrogens is 326 g/mol. The summed E-state index contributed by atoms with van der Waals surface area (Å²) in [5, 5.41) is 25.1. The van der Waals surface area contributed by atoms with Crippen molar-refractivity contribution >= 4 is 11.6 Å². The van der Waals surface area contributed by atoms with Crippen LogP contribution in [-0.2, 0) is 25.9 Å². The lowest BCUT2D eigenvalue weighted by atomic mass is 10.1. The van der Waals surface area contributed by atoms with Crippen LogP contribution >= 0.6 is 0 Å². The number of aromatic nitrogens is 3. The molecule has 2 aromatic heterocycles. The van der Waals surface area contributed by atoms with Gasteiger partial charge >= 0.3 is 5.69 Å². The van der Waals surface area contributed by atoms with Crippen molar-refractivity contribution in [1.29, 1.82) is 0 Å². The standard InChI is InChI=1S/C15H23N7O3/c1-4-13-12(14(5-2)25-20-13)9-18-15(16-3)17-6-7-21-10-11(8-19-21)22(23)24/h8,10H,4-7,9H2,1-3H3,(H2,16,17,18). The fourth-order valence-corrected chi connectivity index (χ4v) is 2.39.